The van der Waals surface area contributed by atoms with Crippen LogP contribution in [0.1, 0.15) is 50.6 Å². The van der Waals surface area contributed by atoms with Crippen LogP contribution in [-0.4, -0.2) is 57.7 Å². The van der Waals surface area contributed by atoms with Gasteiger partial charge in [-0.1, -0.05) is 6.92 Å². The van der Waals surface area contributed by atoms with Crippen LogP contribution < -0.4 is 22.4 Å². The summed E-state index contributed by atoms with van der Waals surface area (Å²) in [7, 11) is 1.36. The Labute approximate surface area is 215 Å². The minimum Gasteiger partial charge on any atom is -0.355 e. The summed E-state index contributed by atoms with van der Waals surface area (Å²) in [4.78, 5) is 27.5. The number of hydrazine groups is 1. The van der Waals surface area contributed by atoms with Crippen LogP contribution >= 0.6 is 11.3 Å². The summed E-state index contributed by atoms with van der Waals surface area (Å²) >= 11 is 1.07. The first kappa shape index (κ1) is 29.7. The molecule has 2 aromatic heterocycles. The monoisotopic (exact) mass is 553 g/mol. The van der Waals surface area contributed by atoms with E-state index in [1.165, 1.54) is 12.1 Å². The molecular formula is C22H34F3N5O6S. The minimum atomic E-state index is -4.85. The van der Waals surface area contributed by atoms with Crippen molar-refractivity contribution in [1.82, 2.24) is 19.6 Å². The highest BCUT2D eigenvalue weighted by Gasteiger charge is 2.38. The highest BCUT2D eigenvalue weighted by molar-refractivity contribution is 7.18. The highest BCUT2D eigenvalue weighted by atomic mass is 32.1. The van der Waals surface area contributed by atoms with Gasteiger partial charge in [0.2, 0.25) is 6.41 Å². The van der Waals surface area contributed by atoms with Gasteiger partial charge in [-0.2, -0.15) is 5.01 Å². The van der Waals surface area contributed by atoms with Gasteiger partial charge in [0.15, 0.2) is 6.35 Å². The third kappa shape index (κ3) is 7.17. The zero-order valence-electron chi connectivity index (χ0n) is 21.6. The molecule has 0 radical (unpaired) electrons. The van der Waals surface area contributed by atoms with Gasteiger partial charge in [0, 0.05) is 18.0 Å². The lowest BCUT2D eigenvalue weighted by molar-refractivity contribution is -0.325. The average Bonchev–Trinajstić information content (AvgIpc) is 3.37. The van der Waals surface area contributed by atoms with Gasteiger partial charge in [-0.15, -0.1) is 24.5 Å². The van der Waals surface area contributed by atoms with Crippen molar-refractivity contribution in [2.75, 3.05) is 13.7 Å². The number of thiophene rings is 1. The third-order valence-electron chi connectivity index (χ3n) is 5.93. The predicted molar refractivity (Wildman–Crippen MR) is 130 cm³/mol. The van der Waals surface area contributed by atoms with Gasteiger partial charge in [-0.05, 0) is 45.6 Å². The number of nitrogens with two attached hydrogens (primary N) is 1. The fraction of sp³-hybridized carbons (Fsp3) is 0.727. The Balaban J connectivity index is 2.04. The number of hydrogen-bond donors (Lipinski definition) is 3. The van der Waals surface area contributed by atoms with Crippen LogP contribution in [0.2, 0.25) is 0 Å². The Morgan fingerprint density at radius 3 is 2.43 bits per heavy atom. The smallest absolute Gasteiger partial charge is 0.355 e. The van der Waals surface area contributed by atoms with Crippen molar-refractivity contribution in [3.8, 4) is 0 Å². The standard InChI is InChI=1S/C22H34F3N5O6S/c1-11-9-13(11)30-16(31)15-12(2)14(10-29(18(26)34-6)27-19(32)36-21(3,4)5)37-17(15)28(20(30)33)7-8-35-22(23,24)25/h11,13,18-19,27,32H,7-10,26H2,1-6H3. The second-order valence-corrected chi connectivity index (χ2v) is 11.1. The molecule has 4 atom stereocenters. The number of aryl methyl sites for hydroxylation is 1. The maximum atomic E-state index is 13.4. The van der Waals surface area contributed by atoms with E-state index in [1.807, 2.05) is 6.92 Å². The van der Waals surface area contributed by atoms with Crippen molar-refractivity contribution in [3.05, 3.63) is 31.3 Å². The second-order valence-electron chi connectivity index (χ2n) is 9.98. The number of nitrogens with zero attached hydrogens (tertiary/aromatic N) is 3. The first-order valence-corrected chi connectivity index (χ1v) is 12.5. The number of fused-ring (bicyclic) bond motifs is 1. The lowest BCUT2D eigenvalue weighted by Crippen LogP contribution is -2.55. The van der Waals surface area contributed by atoms with Gasteiger partial charge in [0.1, 0.15) is 4.83 Å². The molecule has 4 unspecified atom stereocenters. The van der Waals surface area contributed by atoms with Crippen molar-refractivity contribution in [2.45, 2.75) is 84.9 Å². The van der Waals surface area contributed by atoms with Crippen molar-refractivity contribution in [1.29, 1.82) is 0 Å². The molecule has 0 saturated heterocycles. The van der Waals surface area contributed by atoms with E-state index in [1.54, 1.807) is 27.7 Å². The lowest BCUT2D eigenvalue weighted by Gasteiger charge is -2.32. The molecule has 2 heterocycles. The van der Waals surface area contributed by atoms with Crippen LogP contribution in [0.3, 0.4) is 0 Å². The fourth-order valence-corrected chi connectivity index (χ4v) is 5.27. The van der Waals surface area contributed by atoms with Crippen LogP contribution in [0, 0.1) is 12.8 Å². The molecule has 11 nitrogen and oxygen atoms in total. The molecule has 3 rings (SSSR count). The summed E-state index contributed by atoms with van der Waals surface area (Å²) in [6.45, 7) is 7.68. The summed E-state index contributed by atoms with van der Waals surface area (Å²) < 4.78 is 54.6. The molecule has 37 heavy (non-hydrogen) atoms. The van der Waals surface area contributed by atoms with E-state index in [-0.39, 0.29) is 28.7 Å². The third-order valence-corrected chi connectivity index (χ3v) is 7.22. The molecule has 1 aliphatic carbocycles. The number of methoxy groups -OCH3 is 1. The number of aromatic nitrogens is 2. The van der Waals surface area contributed by atoms with Gasteiger partial charge >= 0.3 is 12.1 Å². The molecule has 4 N–H and O–H groups in total. The number of aliphatic hydroxyl groups is 1. The van der Waals surface area contributed by atoms with Crippen LogP contribution in [0.25, 0.3) is 10.2 Å². The molecule has 0 amide bonds. The Hall–Kier alpha value is -1.85. The number of nitrogens with one attached hydrogen (secondary N) is 1. The molecule has 15 heteroatoms. The first-order chi connectivity index (χ1) is 17.0. The lowest BCUT2D eigenvalue weighted by atomic mass is 10.2. The Bertz CT molecular complexity index is 1220. The van der Waals surface area contributed by atoms with Gasteiger partial charge < -0.3 is 14.6 Å². The molecule has 2 aromatic rings. The van der Waals surface area contributed by atoms with Gasteiger partial charge in [-0.25, -0.2) is 10.2 Å². The summed E-state index contributed by atoms with van der Waals surface area (Å²) in [5, 5.41) is 11.9. The van der Waals surface area contributed by atoms with Gasteiger partial charge in [0.25, 0.3) is 5.56 Å². The fourth-order valence-electron chi connectivity index (χ4n) is 3.96. The zero-order chi connectivity index (χ0) is 27.9. The number of rotatable bonds is 11. The van der Waals surface area contributed by atoms with Crippen molar-refractivity contribution < 1.29 is 32.5 Å². The summed E-state index contributed by atoms with van der Waals surface area (Å²) in [5.41, 5.74) is 7.43. The number of halogens is 3. The van der Waals surface area contributed by atoms with Crippen LogP contribution in [0.15, 0.2) is 9.59 Å². The maximum absolute atomic E-state index is 13.4. The molecule has 0 bridgehead atoms. The van der Waals surface area contributed by atoms with Crippen LogP contribution in [0.5, 0.6) is 0 Å². The molecule has 0 aliphatic heterocycles. The average molecular weight is 554 g/mol. The number of ether oxygens (including phenoxy) is 3. The topological polar surface area (TPSA) is 133 Å². The van der Waals surface area contributed by atoms with Crippen LogP contribution in [-0.2, 0) is 27.3 Å². The van der Waals surface area contributed by atoms with Crippen molar-refractivity contribution in [3.63, 3.8) is 0 Å². The van der Waals surface area contributed by atoms with Crippen LogP contribution in [0.4, 0.5) is 13.2 Å². The summed E-state index contributed by atoms with van der Waals surface area (Å²) in [6.07, 6.45) is -6.70. The quantitative estimate of drug-likeness (QED) is 0.282. The van der Waals surface area contributed by atoms with Crippen molar-refractivity contribution >= 4 is 21.6 Å². The maximum Gasteiger partial charge on any atom is 0.522 e. The van der Waals surface area contributed by atoms with E-state index in [0.717, 1.165) is 20.5 Å². The molecule has 210 valence electrons. The van der Waals surface area contributed by atoms with E-state index >= 15 is 0 Å². The minimum absolute atomic E-state index is 0.0251. The number of aliphatic hydroxyl groups excluding tert-OH is 1. The van der Waals surface area contributed by atoms with E-state index in [0.29, 0.717) is 16.9 Å². The highest BCUT2D eigenvalue weighted by Crippen LogP contribution is 2.41. The van der Waals surface area contributed by atoms with Crippen molar-refractivity contribution in [2.24, 2.45) is 11.7 Å². The van der Waals surface area contributed by atoms with Gasteiger partial charge in [0.05, 0.1) is 30.7 Å². The largest absolute Gasteiger partial charge is 0.522 e. The van der Waals surface area contributed by atoms with Gasteiger partial charge in [-0.3, -0.25) is 24.4 Å². The van der Waals surface area contributed by atoms with E-state index in [4.69, 9.17) is 15.2 Å². The second kappa shape index (κ2) is 11.1. The number of alkyl halides is 3. The predicted octanol–water partition coefficient (Wildman–Crippen LogP) is 1.94. The molecule has 0 aromatic carbocycles. The Kier molecular flexibility index (Phi) is 8.91. The normalized spacial score (nSPS) is 20.1. The summed E-state index contributed by atoms with van der Waals surface area (Å²) in [5.74, 6) is 0.102. The van der Waals surface area contributed by atoms with E-state index < -0.39 is 49.1 Å². The summed E-state index contributed by atoms with van der Waals surface area (Å²) in [6, 6.07) is -0.313. The Morgan fingerprint density at radius 2 is 1.92 bits per heavy atom. The SMILES string of the molecule is COC(N)N(Cc1sc2c(c1C)c(=O)n(C1CC1C)c(=O)n2CCOC(F)(F)F)NC(O)OC(C)(C)C. The molecule has 1 fully saturated rings. The Morgan fingerprint density at radius 1 is 1.30 bits per heavy atom. The zero-order valence-corrected chi connectivity index (χ0v) is 22.4. The molecular weight excluding hydrogens is 519 g/mol. The van der Waals surface area contributed by atoms with E-state index in [2.05, 4.69) is 10.2 Å². The molecule has 0 spiro atoms. The van der Waals surface area contributed by atoms with E-state index in [9.17, 15) is 27.9 Å². The number of hydrogen-bond acceptors (Lipinski definition) is 10. The first-order valence-electron chi connectivity index (χ1n) is 11.7. The molecule has 1 aliphatic rings. The molecule has 1 saturated carbocycles.